The van der Waals surface area contributed by atoms with E-state index in [0.717, 1.165) is 16.6 Å². The molecule has 1 heterocycles. The number of carbonyl (C=O) groups is 1. The van der Waals surface area contributed by atoms with E-state index >= 15 is 0 Å². The summed E-state index contributed by atoms with van der Waals surface area (Å²) in [7, 11) is 0. The molecule has 0 aliphatic rings. The van der Waals surface area contributed by atoms with Crippen molar-refractivity contribution in [1.29, 1.82) is 0 Å². The third-order valence-electron chi connectivity index (χ3n) is 3.59. The Balaban J connectivity index is 1.99. The van der Waals surface area contributed by atoms with Gasteiger partial charge in [0.15, 0.2) is 11.9 Å². The molecule has 21 heavy (non-hydrogen) atoms. The van der Waals surface area contributed by atoms with Crippen LogP contribution in [0, 0.1) is 0 Å². The fourth-order valence-electron chi connectivity index (χ4n) is 2.49. The maximum Gasteiger partial charge on any atom is 0.227 e. The van der Waals surface area contributed by atoms with Crippen LogP contribution in [0.3, 0.4) is 0 Å². The number of rotatable bonds is 4. The fourth-order valence-corrected chi connectivity index (χ4v) is 3.11. The van der Waals surface area contributed by atoms with Gasteiger partial charge in [-0.1, -0.05) is 64.5 Å². The van der Waals surface area contributed by atoms with Gasteiger partial charge in [-0.3, -0.25) is 4.79 Å². The van der Waals surface area contributed by atoms with Gasteiger partial charge in [-0.2, -0.15) is 4.57 Å². The summed E-state index contributed by atoms with van der Waals surface area (Å²) in [6.07, 6.45) is 1.99. The fraction of sp³-hybridized carbons (Fsp3) is 0.111. The van der Waals surface area contributed by atoms with E-state index in [1.807, 2.05) is 53.2 Å². The number of nitrogens with zero attached hydrogens (tertiary/aromatic N) is 1. The Morgan fingerprint density at radius 2 is 1.67 bits per heavy atom. The molecule has 3 rings (SSSR count). The molecule has 0 N–H and O–H groups in total. The maximum atomic E-state index is 12.4. The average molecular weight is 341 g/mol. The van der Waals surface area contributed by atoms with Crippen LogP contribution in [0.15, 0.2) is 66.9 Å². The van der Waals surface area contributed by atoms with Crippen molar-refractivity contribution in [2.45, 2.75) is 11.9 Å². The highest BCUT2D eigenvalue weighted by Crippen LogP contribution is 2.17. The lowest BCUT2D eigenvalue weighted by atomic mass is 10.1. The first-order chi connectivity index (χ1) is 10.3. The van der Waals surface area contributed by atoms with Crippen LogP contribution in [-0.4, -0.2) is 5.78 Å². The number of Topliss-reactive ketones (excluding diaryl/α,β-unsaturated/α-hetero) is 1. The van der Waals surface area contributed by atoms with E-state index in [1.54, 1.807) is 0 Å². The number of fused-ring (bicyclic) bond motifs is 1. The molecule has 0 fully saturated rings. The molecule has 3 heteroatoms. The Morgan fingerprint density at radius 3 is 2.43 bits per heavy atom. The summed E-state index contributed by atoms with van der Waals surface area (Å²) >= 11 is 3.54. The van der Waals surface area contributed by atoms with E-state index in [0.29, 0.717) is 6.54 Å². The molecule has 0 bridgehead atoms. The standard InChI is InChI=1S/C18H15BrNO/c19-12-17-16-9-5-4-6-14(16)10-11-20(17)13-18(21)15-7-2-1-3-8-15/h1-11H,12-13H2/q+1. The number of hydrogen-bond acceptors (Lipinski definition) is 1. The van der Waals surface area contributed by atoms with Crippen LogP contribution < -0.4 is 4.57 Å². The van der Waals surface area contributed by atoms with Gasteiger partial charge in [0.05, 0.1) is 5.33 Å². The lowest BCUT2D eigenvalue weighted by molar-refractivity contribution is -0.688. The van der Waals surface area contributed by atoms with E-state index in [9.17, 15) is 4.79 Å². The molecule has 0 atom stereocenters. The van der Waals surface area contributed by atoms with Gasteiger partial charge >= 0.3 is 0 Å². The highest BCUT2D eigenvalue weighted by atomic mass is 79.9. The van der Waals surface area contributed by atoms with Gasteiger partial charge in [0.2, 0.25) is 12.3 Å². The molecule has 0 saturated heterocycles. The van der Waals surface area contributed by atoms with Crippen LogP contribution in [0.25, 0.3) is 10.8 Å². The molecular formula is C18H15BrNO+. The van der Waals surface area contributed by atoms with Gasteiger partial charge in [0, 0.05) is 17.0 Å². The quantitative estimate of drug-likeness (QED) is 0.400. The van der Waals surface area contributed by atoms with Crippen molar-refractivity contribution in [2.75, 3.05) is 0 Å². The van der Waals surface area contributed by atoms with Crippen molar-refractivity contribution in [3.05, 3.63) is 78.1 Å². The summed E-state index contributed by atoms with van der Waals surface area (Å²) < 4.78 is 2.02. The molecule has 104 valence electrons. The summed E-state index contributed by atoms with van der Waals surface area (Å²) in [6.45, 7) is 0.357. The molecule has 0 radical (unpaired) electrons. The third kappa shape index (κ3) is 2.88. The monoisotopic (exact) mass is 340 g/mol. The number of pyridine rings is 1. The number of halogens is 1. The molecule has 0 amide bonds. The highest BCUT2D eigenvalue weighted by Gasteiger charge is 2.18. The zero-order valence-electron chi connectivity index (χ0n) is 11.5. The SMILES string of the molecule is O=C(C[n+]1ccc2ccccc2c1CBr)c1ccccc1. The number of aromatic nitrogens is 1. The number of hydrogen-bond donors (Lipinski definition) is 0. The normalized spacial score (nSPS) is 10.7. The van der Waals surface area contributed by atoms with Crippen LogP contribution in [-0.2, 0) is 11.9 Å². The lowest BCUT2D eigenvalue weighted by Gasteiger charge is -2.05. The van der Waals surface area contributed by atoms with Crippen LogP contribution in [0.1, 0.15) is 16.1 Å². The molecule has 0 unspecified atom stereocenters. The Morgan fingerprint density at radius 1 is 0.952 bits per heavy atom. The predicted octanol–water partition coefficient (Wildman–Crippen LogP) is 3.91. The molecular weight excluding hydrogens is 326 g/mol. The summed E-state index contributed by atoms with van der Waals surface area (Å²) in [6, 6.07) is 19.7. The van der Waals surface area contributed by atoms with E-state index in [4.69, 9.17) is 0 Å². The number of carbonyl (C=O) groups excluding carboxylic acids is 1. The topological polar surface area (TPSA) is 20.9 Å². The van der Waals surface area contributed by atoms with Gasteiger partial charge in [-0.05, 0) is 11.5 Å². The average Bonchev–Trinajstić information content (AvgIpc) is 2.55. The second-order valence-corrected chi connectivity index (χ2v) is 5.46. The zero-order chi connectivity index (χ0) is 14.7. The van der Waals surface area contributed by atoms with Gasteiger partial charge in [0.1, 0.15) is 0 Å². The van der Waals surface area contributed by atoms with E-state index in [1.165, 1.54) is 10.8 Å². The Kier molecular flexibility index (Phi) is 4.11. The van der Waals surface area contributed by atoms with Crippen molar-refractivity contribution in [1.82, 2.24) is 0 Å². The minimum absolute atomic E-state index is 0.123. The first-order valence-electron chi connectivity index (χ1n) is 6.84. The first kappa shape index (κ1) is 14.0. The van der Waals surface area contributed by atoms with Gasteiger partial charge in [0.25, 0.3) is 0 Å². The van der Waals surface area contributed by atoms with E-state index < -0.39 is 0 Å². The van der Waals surface area contributed by atoms with Crippen molar-refractivity contribution >= 4 is 32.5 Å². The maximum absolute atomic E-state index is 12.4. The molecule has 0 aliphatic carbocycles. The number of benzene rings is 2. The third-order valence-corrected chi connectivity index (χ3v) is 4.12. The Bertz CT molecular complexity index is 784. The summed E-state index contributed by atoms with van der Waals surface area (Å²) in [5, 5.41) is 3.09. The van der Waals surface area contributed by atoms with Crippen molar-refractivity contribution < 1.29 is 9.36 Å². The molecule has 0 spiro atoms. The first-order valence-corrected chi connectivity index (χ1v) is 7.96. The second kappa shape index (κ2) is 6.19. The molecule has 0 saturated carbocycles. The molecule has 2 aromatic carbocycles. The molecule has 3 aromatic rings. The van der Waals surface area contributed by atoms with E-state index in [2.05, 4.69) is 34.1 Å². The molecule has 1 aromatic heterocycles. The summed E-state index contributed by atoms with van der Waals surface area (Å²) in [5.74, 6) is 0.123. The Hall–Kier alpha value is -2.00. The van der Waals surface area contributed by atoms with Crippen molar-refractivity contribution in [3.63, 3.8) is 0 Å². The minimum atomic E-state index is 0.123. The van der Waals surface area contributed by atoms with Crippen LogP contribution >= 0.6 is 15.9 Å². The van der Waals surface area contributed by atoms with Crippen molar-refractivity contribution in [2.24, 2.45) is 0 Å². The summed E-state index contributed by atoms with van der Waals surface area (Å²) in [4.78, 5) is 12.4. The largest absolute Gasteiger partial charge is 0.287 e. The highest BCUT2D eigenvalue weighted by molar-refractivity contribution is 9.08. The van der Waals surface area contributed by atoms with Crippen LogP contribution in [0.2, 0.25) is 0 Å². The number of ketones is 1. The molecule has 2 nitrogen and oxygen atoms in total. The lowest BCUT2D eigenvalue weighted by Crippen LogP contribution is -2.41. The van der Waals surface area contributed by atoms with Crippen LogP contribution in [0.4, 0.5) is 0 Å². The van der Waals surface area contributed by atoms with Gasteiger partial charge < -0.3 is 0 Å². The zero-order valence-corrected chi connectivity index (χ0v) is 13.1. The smallest absolute Gasteiger partial charge is 0.227 e. The van der Waals surface area contributed by atoms with Crippen LogP contribution in [0.5, 0.6) is 0 Å². The van der Waals surface area contributed by atoms with Gasteiger partial charge in [-0.25, -0.2) is 0 Å². The van der Waals surface area contributed by atoms with E-state index in [-0.39, 0.29) is 5.78 Å². The second-order valence-electron chi connectivity index (χ2n) is 4.90. The minimum Gasteiger partial charge on any atom is -0.287 e. The summed E-state index contributed by atoms with van der Waals surface area (Å²) in [5.41, 5.74) is 1.87. The number of alkyl halides is 1. The van der Waals surface area contributed by atoms with Crippen molar-refractivity contribution in [3.8, 4) is 0 Å². The van der Waals surface area contributed by atoms with Gasteiger partial charge in [-0.15, -0.1) is 0 Å². The molecule has 0 aliphatic heterocycles. The predicted molar refractivity (Wildman–Crippen MR) is 87.5 cm³/mol. The Labute approximate surface area is 132 Å².